The van der Waals surface area contributed by atoms with Gasteiger partial charge in [-0.1, -0.05) is 26.0 Å². The van der Waals surface area contributed by atoms with Gasteiger partial charge < -0.3 is 15.5 Å². The van der Waals surface area contributed by atoms with Gasteiger partial charge in [0.1, 0.15) is 23.2 Å². The Morgan fingerprint density at radius 3 is 2.57 bits per heavy atom. The maximum absolute atomic E-state index is 5.60. The van der Waals surface area contributed by atoms with E-state index in [0.29, 0.717) is 18.2 Å². The standard InChI is InChI=1S/C15H21N5O/c1-4-21-12-8-6-5-7-11(12)17-13-9-14(20-16)19-15(18-13)10(2)3/h5-10H,4,16H2,1-3H3,(H2,17,18,19,20). The van der Waals surface area contributed by atoms with Gasteiger partial charge in [0.2, 0.25) is 0 Å². The highest BCUT2D eigenvalue weighted by molar-refractivity contribution is 5.65. The van der Waals surface area contributed by atoms with Gasteiger partial charge >= 0.3 is 0 Å². The molecule has 6 heteroatoms. The van der Waals surface area contributed by atoms with Gasteiger partial charge in [0.05, 0.1) is 12.3 Å². The first-order valence-electron chi connectivity index (χ1n) is 6.98. The molecule has 0 saturated carbocycles. The van der Waals surface area contributed by atoms with Crippen LogP contribution < -0.4 is 21.3 Å². The molecule has 0 bridgehead atoms. The van der Waals surface area contributed by atoms with Crippen molar-refractivity contribution in [1.82, 2.24) is 9.97 Å². The maximum atomic E-state index is 5.60. The van der Waals surface area contributed by atoms with Gasteiger partial charge in [-0.15, -0.1) is 0 Å². The number of nitrogen functional groups attached to an aromatic ring is 1. The molecular formula is C15H21N5O. The number of rotatable bonds is 6. The molecule has 0 saturated heterocycles. The molecule has 2 aromatic rings. The first-order valence-corrected chi connectivity index (χ1v) is 6.98. The molecule has 1 aromatic carbocycles. The number of anilines is 3. The summed E-state index contributed by atoms with van der Waals surface area (Å²) in [5, 5.41) is 3.26. The topological polar surface area (TPSA) is 85.1 Å². The average molecular weight is 287 g/mol. The lowest BCUT2D eigenvalue weighted by Crippen LogP contribution is -2.12. The molecule has 0 aliphatic carbocycles. The summed E-state index contributed by atoms with van der Waals surface area (Å²) < 4.78 is 5.60. The smallest absolute Gasteiger partial charge is 0.145 e. The third-order valence-electron chi connectivity index (χ3n) is 2.86. The third kappa shape index (κ3) is 3.82. The molecule has 1 heterocycles. The summed E-state index contributed by atoms with van der Waals surface area (Å²) >= 11 is 0. The van der Waals surface area contributed by atoms with Crippen LogP contribution in [0.1, 0.15) is 32.5 Å². The number of aromatic nitrogens is 2. The SMILES string of the molecule is CCOc1ccccc1Nc1cc(NN)nc(C(C)C)n1. The highest BCUT2D eigenvalue weighted by atomic mass is 16.5. The van der Waals surface area contributed by atoms with Crippen molar-refractivity contribution in [2.45, 2.75) is 26.7 Å². The summed E-state index contributed by atoms with van der Waals surface area (Å²) in [6.45, 7) is 6.63. The molecule has 2 rings (SSSR count). The van der Waals surface area contributed by atoms with Crippen molar-refractivity contribution < 1.29 is 4.74 Å². The molecule has 0 unspecified atom stereocenters. The Morgan fingerprint density at radius 1 is 1.19 bits per heavy atom. The molecule has 0 aliphatic rings. The van der Waals surface area contributed by atoms with Crippen LogP contribution >= 0.6 is 0 Å². The summed E-state index contributed by atoms with van der Waals surface area (Å²) in [6, 6.07) is 9.49. The molecule has 6 nitrogen and oxygen atoms in total. The van der Waals surface area contributed by atoms with E-state index in [4.69, 9.17) is 10.6 Å². The summed E-state index contributed by atoms with van der Waals surface area (Å²) in [5.41, 5.74) is 3.42. The van der Waals surface area contributed by atoms with Crippen molar-refractivity contribution >= 4 is 17.3 Å². The summed E-state index contributed by atoms with van der Waals surface area (Å²) in [4.78, 5) is 8.84. The molecule has 4 N–H and O–H groups in total. The quantitative estimate of drug-likeness (QED) is 0.559. The molecule has 0 aliphatic heterocycles. The van der Waals surface area contributed by atoms with Crippen molar-refractivity contribution in [3.63, 3.8) is 0 Å². The molecular weight excluding hydrogens is 266 g/mol. The Bertz CT molecular complexity index is 600. The number of ether oxygens (including phenoxy) is 1. The van der Waals surface area contributed by atoms with Crippen LogP contribution in [-0.4, -0.2) is 16.6 Å². The zero-order valence-electron chi connectivity index (χ0n) is 12.6. The number of nitrogens with one attached hydrogen (secondary N) is 2. The largest absolute Gasteiger partial charge is 0.492 e. The lowest BCUT2D eigenvalue weighted by molar-refractivity contribution is 0.342. The first-order chi connectivity index (χ1) is 10.1. The van der Waals surface area contributed by atoms with Crippen molar-refractivity contribution in [2.24, 2.45) is 5.84 Å². The molecule has 0 fully saturated rings. The Kier molecular flexibility index (Phi) is 4.94. The number of para-hydroxylation sites is 2. The number of nitrogens with zero attached hydrogens (tertiary/aromatic N) is 2. The second-order valence-electron chi connectivity index (χ2n) is 4.85. The van der Waals surface area contributed by atoms with E-state index in [0.717, 1.165) is 17.3 Å². The molecule has 0 radical (unpaired) electrons. The van der Waals surface area contributed by atoms with Gasteiger partial charge in [0, 0.05) is 12.0 Å². The van der Waals surface area contributed by atoms with Crippen LogP contribution in [0, 0.1) is 0 Å². The number of benzene rings is 1. The van der Waals surface area contributed by atoms with Crippen LogP contribution in [0.15, 0.2) is 30.3 Å². The van der Waals surface area contributed by atoms with Gasteiger partial charge in [-0.3, -0.25) is 0 Å². The lowest BCUT2D eigenvalue weighted by Gasteiger charge is -2.14. The second kappa shape index (κ2) is 6.90. The van der Waals surface area contributed by atoms with Crippen LogP contribution in [0.3, 0.4) is 0 Å². The van der Waals surface area contributed by atoms with Crippen LogP contribution in [-0.2, 0) is 0 Å². The second-order valence-corrected chi connectivity index (χ2v) is 4.85. The minimum Gasteiger partial charge on any atom is -0.492 e. The Morgan fingerprint density at radius 2 is 1.90 bits per heavy atom. The Labute approximate surface area is 124 Å². The molecule has 0 atom stereocenters. The average Bonchev–Trinajstić information content (AvgIpc) is 2.49. The zero-order valence-corrected chi connectivity index (χ0v) is 12.6. The maximum Gasteiger partial charge on any atom is 0.145 e. The third-order valence-corrected chi connectivity index (χ3v) is 2.86. The van der Waals surface area contributed by atoms with Gasteiger partial charge in [-0.2, -0.15) is 0 Å². The lowest BCUT2D eigenvalue weighted by atomic mass is 10.2. The van der Waals surface area contributed by atoms with Crippen LogP contribution in [0.4, 0.5) is 17.3 Å². The monoisotopic (exact) mass is 287 g/mol. The number of nitrogens with two attached hydrogens (primary N) is 1. The summed E-state index contributed by atoms with van der Waals surface area (Å²) in [6.07, 6.45) is 0. The summed E-state index contributed by atoms with van der Waals surface area (Å²) in [7, 11) is 0. The first kappa shape index (κ1) is 15.1. The molecule has 112 valence electrons. The van der Waals surface area contributed by atoms with Crippen molar-refractivity contribution in [2.75, 3.05) is 17.3 Å². The highest BCUT2D eigenvalue weighted by Gasteiger charge is 2.09. The van der Waals surface area contributed by atoms with E-state index in [1.807, 2.05) is 45.0 Å². The van der Waals surface area contributed by atoms with E-state index < -0.39 is 0 Å². The van der Waals surface area contributed by atoms with E-state index in [2.05, 4.69) is 20.7 Å². The van der Waals surface area contributed by atoms with Crippen molar-refractivity contribution in [3.05, 3.63) is 36.2 Å². The Hall–Kier alpha value is -2.34. The van der Waals surface area contributed by atoms with E-state index in [9.17, 15) is 0 Å². The van der Waals surface area contributed by atoms with Gasteiger partial charge in [0.15, 0.2) is 0 Å². The molecule has 0 spiro atoms. The van der Waals surface area contributed by atoms with E-state index in [1.54, 1.807) is 6.07 Å². The Balaban J connectivity index is 2.32. The molecule has 21 heavy (non-hydrogen) atoms. The van der Waals surface area contributed by atoms with Crippen LogP contribution in [0.2, 0.25) is 0 Å². The predicted molar refractivity (Wildman–Crippen MR) is 84.8 cm³/mol. The van der Waals surface area contributed by atoms with Gasteiger partial charge in [-0.05, 0) is 19.1 Å². The minimum absolute atomic E-state index is 0.209. The van der Waals surface area contributed by atoms with Gasteiger partial charge in [-0.25, -0.2) is 15.8 Å². The van der Waals surface area contributed by atoms with E-state index >= 15 is 0 Å². The minimum atomic E-state index is 0.209. The highest BCUT2D eigenvalue weighted by Crippen LogP contribution is 2.27. The van der Waals surface area contributed by atoms with E-state index in [-0.39, 0.29) is 5.92 Å². The fourth-order valence-electron chi connectivity index (χ4n) is 1.85. The van der Waals surface area contributed by atoms with Crippen molar-refractivity contribution in [1.29, 1.82) is 0 Å². The van der Waals surface area contributed by atoms with Gasteiger partial charge in [0.25, 0.3) is 0 Å². The van der Waals surface area contributed by atoms with Crippen LogP contribution in [0.25, 0.3) is 0 Å². The predicted octanol–water partition coefficient (Wildman–Crippen LogP) is 3.03. The zero-order chi connectivity index (χ0) is 15.2. The molecule has 0 amide bonds. The number of hydrazine groups is 1. The van der Waals surface area contributed by atoms with Crippen LogP contribution in [0.5, 0.6) is 5.75 Å². The fourth-order valence-corrected chi connectivity index (χ4v) is 1.85. The number of hydrogen-bond donors (Lipinski definition) is 3. The van der Waals surface area contributed by atoms with E-state index in [1.165, 1.54) is 0 Å². The normalized spacial score (nSPS) is 10.5. The fraction of sp³-hybridized carbons (Fsp3) is 0.333. The summed E-state index contributed by atoms with van der Waals surface area (Å²) in [5.74, 6) is 8.43. The number of hydrogen-bond acceptors (Lipinski definition) is 6. The van der Waals surface area contributed by atoms with Crippen molar-refractivity contribution in [3.8, 4) is 5.75 Å². The molecule has 1 aromatic heterocycles.